The molecule has 0 aromatic heterocycles. The van der Waals surface area contributed by atoms with E-state index in [-0.39, 0.29) is 48.2 Å². The van der Waals surface area contributed by atoms with Gasteiger partial charge in [0.05, 0.1) is 0 Å². The summed E-state index contributed by atoms with van der Waals surface area (Å²) >= 11 is 0.193. The fourth-order valence-corrected chi connectivity index (χ4v) is 5.73. The molecule has 0 unspecified atom stereocenters. The summed E-state index contributed by atoms with van der Waals surface area (Å²) in [5.41, 5.74) is 0. The van der Waals surface area contributed by atoms with Crippen LogP contribution in [0.2, 0.25) is 0 Å². The van der Waals surface area contributed by atoms with Crippen molar-refractivity contribution in [2.24, 2.45) is 0 Å². The second kappa shape index (κ2) is 8.47. The van der Waals surface area contributed by atoms with Crippen molar-refractivity contribution < 1.29 is 13.9 Å². The van der Waals surface area contributed by atoms with Crippen LogP contribution in [0.1, 0.15) is 6.42 Å². The molecule has 1 N–H and O–H groups in total. The zero-order valence-electron chi connectivity index (χ0n) is 11.1. The fraction of sp³-hybridized carbons (Fsp3) is 0.125. The molecule has 2 aromatic rings. The van der Waals surface area contributed by atoms with Gasteiger partial charge in [-0.3, -0.25) is 0 Å². The third-order valence-electron chi connectivity index (χ3n) is 2.56. The van der Waals surface area contributed by atoms with Gasteiger partial charge in [0.1, 0.15) is 0 Å². The molecule has 2 aromatic carbocycles. The van der Waals surface area contributed by atoms with Crippen LogP contribution in [-0.4, -0.2) is 41.6 Å². The molecule has 0 saturated carbocycles. The molecule has 1 nitrogen and oxygen atoms in total. The zero-order valence-corrected chi connectivity index (χ0v) is 14.6. The topological polar surface area (TPSA) is 20.2 Å². The van der Waals surface area contributed by atoms with Crippen LogP contribution in [0.15, 0.2) is 58.0 Å². The molecule has 5 heteroatoms. The third-order valence-corrected chi connectivity index (χ3v) is 7.59. The Bertz CT molecular complexity index is 595. The number of halogens is 2. The van der Waals surface area contributed by atoms with E-state index >= 15 is 0 Å². The van der Waals surface area contributed by atoms with E-state index in [1.165, 1.54) is 28.7 Å². The Morgan fingerprint density at radius 1 is 0.905 bits per heavy atom. The average Bonchev–Trinajstić information content (AvgIpc) is 2.49. The molecule has 0 atom stereocenters. The van der Waals surface area contributed by atoms with Gasteiger partial charge in [-0.2, -0.15) is 0 Å². The van der Waals surface area contributed by atoms with Gasteiger partial charge in [0, 0.05) is 0 Å². The van der Waals surface area contributed by atoms with Gasteiger partial charge in [0.2, 0.25) is 0 Å². The summed E-state index contributed by atoms with van der Waals surface area (Å²) < 4.78 is 29.1. The molecule has 0 spiro atoms. The molecule has 0 fully saturated rings. The van der Waals surface area contributed by atoms with Crippen LogP contribution in [0, 0.1) is 11.6 Å². The number of benzene rings is 2. The Balaban J connectivity index is 2.05. The van der Waals surface area contributed by atoms with Gasteiger partial charge in [-0.15, -0.1) is 0 Å². The minimum atomic E-state index is -0.238. The molecular weight excluding hydrogens is 404 g/mol. The first kappa shape index (κ1) is 16.4. The summed E-state index contributed by atoms with van der Waals surface area (Å²) in [6.07, 6.45) is 0.625. The SMILES string of the molecule is OCC/C(=C/[Se]c1ccc(F)cc1)[Se]c1ccc(F)cc1. The second-order valence-corrected chi connectivity index (χ2v) is 8.68. The molecule has 0 amide bonds. The van der Waals surface area contributed by atoms with Gasteiger partial charge in [-0.25, -0.2) is 0 Å². The average molecular weight is 418 g/mol. The van der Waals surface area contributed by atoms with Gasteiger partial charge in [0.15, 0.2) is 0 Å². The third kappa shape index (κ3) is 5.74. The predicted molar refractivity (Wildman–Crippen MR) is 83.4 cm³/mol. The second-order valence-electron chi connectivity index (χ2n) is 4.19. The molecule has 110 valence electrons. The number of hydrogen-bond acceptors (Lipinski definition) is 1. The summed E-state index contributed by atoms with van der Waals surface area (Å²) in [6.45, 7) is 0.105. The Labute approximate surface area is 135 Å². The van der Waals surface area contributed by atoms with Crippen LogP contribution in [0.5, 0.6) is 0 Å². The summed E-state index contributed by atoms with van der Waals surface area (Å²) in [4.78, 5) is 2.14. The Morgan fingerprint density at radius 3 is 1.95 bits per heavy atom. The van der Waals surface area contributed by atoms with Crippen molar-refractivity contribution in [3.05, 3.63) is 69.6 Å². The van der Waals surface area contributed by atoms with E-state index in [2.05, 4.69) is 4.97 Å². The molecule has 0 aliphatic heterocycles. The Hall–Kier alpha value is -0.961. The number of hydrogen-bond donors (Lipinski definition) is 1. The Morgan fingerprint density at radius 2 is 1.43 bits per heavy atom. The first-order valence-corrected chi connectivity index (χ1v) is 9.89. The Kier molecular flexibility index (Phi) is 6.62. The molecule has 0 bridgehead atoms. The van der Waals surface area contributed by atoms with Crippen LogP contribution >= 0.6 is 0 Å². The van der Waals surface area contributed by atoms with Gasteiger partial charge < -0.3 is 0 Å². The van der Waals surface area contributed by atoms with Crippen molar-refractivity contribution in [1.82, 2.24) is 0 Å². The first-order valence-electron chi connectivity index (χ1n) is 6.33. The number of aliphatic hydroxyl groups excluding tert-OH is 1. The van der Waals surface area contributed by atoms with Crippen molar-refractivity contribution in [3.63, 3.8) is 0 Å². The van der Waals surface area contributed by atoms with E-state index < -0.39 is 0 Å². The van der Waals surface area contributed by atoms with Crippen LogP contribution in [0.3, 0.4) is 0 Å². The molecule has 0 radical (unpaired) electrons. The predicted octanol–water partition coefficient (Wildman–Crippen LogP) is 1.55. The normalized spacial score (nSPS) is 11.7. The number of aliphatic hydroxyl groups is 1. The molecule has 2 rings (SSSR count). The van der Waals surface area contributed by atoms with Crippen LogP contribution in [-0.2, 0) is 0 Å². The van der Waals surface area contributed by atoms with E-state index in [9.17, 15) is 8.78 Å². The van der Waals surface area contributed by atoms with Crippen LogP contribution in [0.4, 0.5) is 8.78 Å². The molecule has 0 heterocycles. The van der Waals surface area contributed by atoms with Crippen molar-refractivity contribution in [2.75, 3.05) is 6.61 Å². The zero-order chi connectivity index (χ0) is 15.1. The van der Waals surface area contributed by atoms with Crippen molar-refractivity contribution in [3.8, 4) is 0 Å². The summed E-state index contributed by atoms with van der Waals surface area (Å²) in [5.74, 6) is -0.470. The maximum atomic E-state index is 12.9. The van der Waals surface area contributed by atoms with Gasteiger partial charge in [0.25, 0.3) is 0 Å². The summed E-state index contributed by atoms with van der Waals surface area (Å²) in [7, 11) is 0. The monoisotopic (exact) mass is 420 g/mol. The van der Waals surface area contributed by atoms with Gasteiger partial charge in [-0.05, 0) is 0 Å². The van der Waals surface area contributed by atoms with E-state index in [0.717, 1.165) is 8.92 Å². The van der Waals surface area contributed by atoms with E-state index in [4.69, 9.17) is 5.11 Å². The summed E-state index contributed by atoms with van der Waals surface area (Å²) in [6, 6.07) is 13.0. The van der Waals surface area contributed by atoms with E-state index in [1.807, 2.05) is 0 Å². The van der Waals surface area contributed by atoms with Crippen LogP contribution in [0.25, 0.3) is 0 Å². The van der Waals surface area contributed by atoms with Crippen LogP contribution < -0.4 is 8.92 Å². The number of rotatable bonds is 6. The maximum absolute atomic E-state index is 12.9. The molecule has 0 saturated heterocycles. The fourth-order valence-electron chi connectivity index (χ4n) is 1.55. The molecule has 0 aliphatic rings. The van der Waals surface area contributed by atoms with Gasteiger partial charge in [-0.1, -0.05) is 0 Å². The summed E-state index contributed by atoms with van der Waals surface area (Å²) in [5, 5.41) is 9.16. The first-order chi connectivity index (χ1) is 10.2. The quantitative estimate of drug-likeness (QED) is 0.707. The van der Waals surface area contributed by atoms with Crippen molar-refractivity contribution in [1.29, 1.82) is 0 Å². The van der Waals surface area contributed by atoms with E-state index in [1.54, 1.807) is 24.3 Å². The van der Waals surface area contributed by atoms with Crippen molar-refractivity contribution in [2.45, 2.75) is 6.42 Å². The molecular formula is C16H14F2OSe2. The van der Waals surface area contributed by atoms with Gasteiger partial charge >= 0.3 is 135 Å². The van der Waals surface area contributed by atoms with Crippen molar-refractivity contribution >= 4 is 38.8 Å². The van der Waals surface area contributed by atoms with E-state index in [0.29, 0.717) is 6.42 Å². The standard InChI is InChI=1S/C16H14F2OSe2/c17-12-1-5-14(6-2-12)20-11-16(9-10-19)21-15-7-3-13(18)4-8-15/h1-8,11,19H,9-10H2/b16-11-. The molecule has 21 heavy (non-hydrogen) atoms. The molecule has 0 aliphatic carbocycles. The minimum absolute atomic E-state index is 0.0816.